The van der Waals surface area contributed by atoms with Crippen molar-refractivity contribution >= 4 is 0 Å². The van der Waals surface area contributed by atoms with Gasteiger partial charge >= 0.3 is 0 Å². The summed E-state index contributed by atoms with van der Waals surface area (Å²) >= 11 is 0. The van der Waals surface area contributed by atoms with Gasteiger partial charge in [-0.25, -0.2) is 4.98 Å². The minimum atomic E-state index is 0.551. The van der Waals surface area contributed by atoms with Crippen LogP contribution >= 0.6 is 0 Å². The zero-order chi connectivity index (χ0) is 14.8. The molecule has 3 rings (SSSR count). The summed E-state index contributed by atoms with van der Waals surface area (Å²) in [5, 5.41) is 0. The molecule has 5 heteroatoms. The molecule has 1 aliphatic heterocycles. The highest BCUT2D eigenvalue weighted by molar-refractivity contribution is 5.08. The van der Waals surface area contributed by atoms with Crippen LogP contribution in [0.1, 0.15) is 31.1 Å². The van der Waals surface area contributed by atoms with Crippen molar-refractivity contribution in [3.63, 3.8) is 0 Å². The Morgan fingerprint density at radius 2 is 2.24 bits per heavy atom. The van der Waals surface area contributed by atoms with Gasteiger partial charge in [0.05, 0.1) is 25.0 Å². The van der Waals surface area contributed by atoms with Gasteiger partial charge in [-0.3, -0.25) is 9.80 Å². The Balaban J connectivity index is 1.66. The molecule has 114 valence electrons. The monoisotopic (exact) mass is 288 g/mol. The molecular formula is C16H24N4O. The first-order valence-electron chi connectivity index (χ1n) is 7.61. The average molecular weight is 288 g/mol. The largest absolute Gasteiger partial charge is 0.468 e. The van der Waals surface area contributed by atoms with E-state index in [1.807, 2.05) is 18.3 Å². The first kappa shape index (κ1) is 14.4. The van der Waals surface area contributed by atoms with Gasteiger partial charge in [-0.2, -0.15) is 0 Å². The van der Waals surface area contributed by atoms with E-state index in [4.69, 9.17) is 4.42 Å². The Kier molecular flexibility index (Phi) is 4.12. The van der Waals surface area contributed by atoms with Crippen LogP contribution in [0.3, 0.4) is 0 Å². The van der Waals surface area contributed by atoms with Crippen LogP contribution in [-0.4, -0.2) is 39.0 Å². The quantitative estimate of drug-likeness (QED) is 0.846. The van der Waals surface area contributed by atoms with Crippen molar-refractivity contribution in [3.8, 4) is 0 Å². The molecule has 0 saturated carbocycles. The lowest BCUT2D eigenvalue weighted by molar-refractivity contribution is 0.188. The standard InChI is InChI=1S/C16H24N4O/c1-13(2)18(3)10-14-9-17-16-12-19(6-7-20(14)16)11-15-5-4-8-21-15/h4-5,8-9,13H,6-7,10-12H2,1-3H3. The smallest absolute Gasteiger partial charge is 0.123 e. The maximum Gasteiger partial charge on any atom is 0.123 e. The number of nitrogens with zero attached hydrogens (tertiary/aromatic N) is 4. The minimum Gasteiger partial charge on any atom is -0.468 e. The molecule has 3 heterocycles. The number of aromatic nitrogens is 2. The zero-order valence-electron chi connectivity index (χ0n) is 13.1. The number of rotatable bonds is 5. The van der Waals surface area contributed by atoms with Gasteiger partial charge in [-0.05, 0) is 33.0 Å². The van der Waals surface area contributed by atoms with E-state index in [2.05, 4.69) is 40.2 Å². The van der Waals surface area contributed by atoms with Crippen LogP contribution in [0.2, 0.25) is 0 Å². The fourth-order valence-electron chi connectivity index (χ4n) is 2.70. The molecule has 0 atom stereocenters. The second-order valence-electron chi connectivity index (χ2n) is 6.12. The van der Waals surface area contributed by atoms with Crippen molar-refractivity contribution in [2.24, 2.45) is 0 Å². The van der Waals surface area contributed by atoms with E-state index in [1.165, 1.54) is 11.5 Å². The third-order valence-corrected chi connectivity index (χ3v) is 4.28. The lowest BCUT2D eigenvalue weighted by atomic mass is 10.3. The van der Waals surface area contributed by atoms with Crippen LogP contribution < -0.4 is 0 Å². The summed E-state index contributed by atoms with van der Waals surface area (Å²) in [7, 11) is 2.16. The van der Waals surface area contributed by atoms with Gasteiger partial charge in [0.25, 0.3) is 0 Å². The summed E-state index contributed by atoms with van der Waals surface area (Å²) in [5.41, 5.74) is 1.32. The SMILES string of the molecule is CC(C)N(C)Cc1cnc2n1CCN(Cc1ccco1)C2. The Morgan fingerprint density at radius 3 is 2.95 bits per heavy atom. The van der Waals surface area contributed by atoms with Gasteiger partial charge in [-0.15, -0.1) is 0 Å². The fraction of sp³-hybridized carbons (Fsp3) is 0.562. The van der Waals surface area contributed by atoms with Crippen LogP contribution in [0.25, 0.3) is 0 Å². The molecule has 0 saturated heterocycles. The van der Waals surface area contributed by atoms with Crippen molar-refractivity contribution in [1.29, 1.82) is 0 Å². The van der Waals surface area contributed by atoms with Crippen LogP contribution in [0.5, 0.6) is 0 Å². The first-order valence-corrected chi connectivity index (χ1v) is 7.61. The predicted molar refractivity (Wildman–Crippen MR) is 81.7 cm³/mol. The van der Waals surface area contributed by atoms with Gasteiger partial charge in [0.1, 0.15) is 11.6 Å². The molecule has 5 nitrogen and oxygen atoms in total. The second-order valence-corrected chi connectivity index (χ2v) is 6.12. The summed E-state index contributed by atoms with van der Waals surface area (Å²) < 4.78 is 7.81. The molecule has 0 aromatic carbocycles. The van der Waals surface area contributed by atoms with E-state index in [0.29, 0.717) is 6.04 Å². The average Bonchev–Trinajstić information content (AvgIpc) is 3.09. The molecule has 0 spiro atoms. The van der Waals surface area contributed by atoms with E-state index in [-0.39, 0.29) is 0 Å². The number of furan rings is 1. The Labute approximate surface area is 126 Å². The zero-order valence-corrected chi connectivity index (χ0v) is 13.1. The van der Waals surface area contributed by atoms with Crippen molar-refractivity contribution in [3.05, 3.63) is 41.9 Å². The van der Waals surface area contributed by atoms with Gasteiger partial charge in [0, 0.05) is 31.9 Å². The highest BCUT2D eigenvalue weighted by atomic mass is 16.3. The lowest BCUT2D eigenvalue weighted by Crippen LogP contribution is -2.35. The van der Waals surface area contributed by atoms with Crippen LogP contribution in [-0.2, 0) is 26.2 Å². The molecule has 0 unspecified atom stereocenters. The number of fused-ring (bicyclic) bond motifs is 1. The molecule has 0 aliphatic carbocycles. The van der Waals surface area contributed by atoms with Crippen molar-refractivity contribution in [2.75, 3.05) is 13.6 Å². The summed E-state index contributed by atoms with van der Waals surface area (Å²) in [6.45, 7) is 9.22. The summed E-state index contributed by atoms with van der Waals surface area (Å²) in [5.74, 6) is 2.19. The number of imidazole rings is 1. The molecule has 0 radical (unpaired) electrons. The van der Waals surface area contributed by atoms with E-state index >= 15 is 0 Å². The van der Waals surface area contributed by atoms with E-state index in [0.717, 1.165) is 38.5 Å². The molecule has 0 amide bonds. The van der Waals surface area contributed by atoms with Crippen LogP contribution in [0.4, 0.5) is 0 Å². The molecule has 2 aromatic heterocycles. The molecule has 21 heavy (non-hydrogen) atoms. The maximum absolute atomic E-state index is 5.43. The molecule has 0 bridgehead atoms. The minimum absolute atomic E-state index is 0.551. The number of hydrogen-bond donors (Lipinski definition) is 0. The van der Waals surface area contributed by atoms with E-state index in [1.54, 1.807) is 6.26 Å². The summed E-state index contributed by atoms with van der Waals surface area (Å²) in [6, 6.07) is 4.53. The normalized spacial score (nSPS) is 15.9. The van der Waals surface area contributed by atoms with Gasteiger partial charge < -0.3 is 8.98 Å². The first-order chi connectivity index (χ1) is 10.1. The Bertz CT molecular complexity index is 573. The van der Waals surface area contributed by atoms with Crippen molar-refractivity contribution in [2.45, 2.75) is 46.1 Å². The van der Waals surface area contributed by atoms with Crippen molar-refractivity contribution in [1.82, 2.24) is 19.4 Å². The van der Waals surface area contributed by atoms with Gasteiger partial charge in [0.2, 0.25) is 0 Å². The van der Waals surface area contributed by atoms with E-state index in [9.17, 15) is 0 Å². The Morgan fingerprint density at radius 1 is 1.38 bits per heavy atom. The molecule has 2 aromatic rings. The Hall–Kier alpha value is -1.59. The van der Waals surface area contributed by atoms with Crippen LogP contribution in [0.15, 0.2) is 29.0 Å². The predicted octanol–water partition coefficient (Wildman–Crippen LogP) is 2.33. The topological polar surface area (TPSA) is 37.4 Å². The molecule has 0 N–H and O–H groups in total. The summed E-state index contributed by atoms with van der Waals surface area (Å²) in [6.07, 6.45) is 3.77. The lowest BCUT2D eigenvalue weighted by Gasteiger charge is -2.29. The highest BCUT2D eigenvalue weighted by Gasteiger charge is 2.21. The van der Waals surface area contributed by atoms with Gasteiger partial charge in [-0.1, -0.05) is 0 Å². The second kappa shape index (κ2) is 6.03. The third-order valence-electron chi connectivity index (χ3n) is 4.28. The number of hydrogen-bond acceptors (Lipinski definition) is 4. The molecule has 0 fully saturated rings. The maximum atomic E-state index is 5.43. The highest BCUT2D eigenvalue weighted by Crippen LogP contribution is 2.18. The molecular weight excluding hydrogens is 264 g/mol. The third kappa shape index (κ3) is 3.19. The van der Waals surface area contributed by atoms with Crippen molar-refractivity contribution < 1.29 is 4.42 Å². The summed E-state index contributed by atoms with van der Waals surface area (Å²) in [4.78, 5) is 9.35. The molecule has 1 aliphatic rings. The fourth-order valence-corrected chi connectivity index (χ4v) is 2.70. The van der Waals surface area contributed by atoms with Crippen LogP contribution in [0, 0.1) is 0 Å². The van der Waals surface area contributed by atoms with E-state index < -0.39 is 0 Å². The van der Waals surface area contributed by atoms with Gasteiger partial charge in [0.15, 0.2) is 0 Å².